The summed E-state index contributed by atoms with van der Waals surface area (Å²) in [5.41, 5.74) is 3.17. The predicted octanol–water partition coefficient (Wildman–Crippen LogP) is 6.83. The minimum Gasteiger partial charge on any atom is -0.346 e. The third kappa shape index (κ3) is 5.64. The summed E-state index contributed by atoms with van der Waals surface area (Å²) < 4.78 is 16.4. The van der Waals surface area contributed by atoms with Gasteiger partial charge in [0.05, 0.1) is 16.1 Å². The van der Waals surface area contributed by atoms with Crippen molar-refractivity contribution in [3.8, 4) is 11.1 Å². The molecule has 1 heterocycles. The minimum absolute atomic E-state index is 0.188. The second-order valence-electron chi connectivity index (χ2n) is 8.16. The number of aliphatic imine (C=N–C) groups is 1. The molecule has 5 nitrogen and oxygen atoms in total. The highest BCUT2D eigenvalue weighted by atomic mass is 35.5. The lowest BCUT2D eigenvalue weighted by molar-refractivity contribution is 0.392. The van der Waals surface area contributed by atoms with E-state index in [9.17, 15) is 4.39 Å². The van der Waals surface area contributed by atoms with Gasteiger partial charge in [-0.25, -0.2) is 9.38 Å². The van der Waals surface area contributed by atoms with Crippen LogP contribution in [-0.4, -0.2) is 34.6 Å². The summed E-state index contributed by atoms with van der Waals surface area (Å²) in [6.45, 7) is 10.3. The van der Waals surface area contributed by atoms with E-state index in [1.807, 2.05) is 58.1 Å². The molecule has 1 unspecified atom stereocenters. The van der Waals surface area contributed by atoms with Gasteiger partial charge in [-0.3, -0.25) is 4.68 Å². The van der Waals surface area contributed by atoms with Crippen molar-refractivity contribution in [3.63, 3.8) is 0 Å². The molecule has 0 amide bonds. The van der Waals surface area contributed by atoms with Crippen molar-refractivity contribution in [2.75, 3.05) is 14.1 Å². The van der Waals surface area contributed by atoms with Crippen molar-refractivity contribution >= 4 is 39.9 Å². The molecule has 1 atom stereocenters. The zero-order valence-electron chi connectivity index (χ0n) is 19.5. The van der Waals surface area contributed by atoms with Gasteiger partial charge in [-0.1, -0.05) is 48.0 Å². The summed E-state index contributed by atoms with van der Waals surface area (Å²) in [4.78, 5) is 6.18. The maximum absolute atomic E-state index is 14.7. The molecule has 0 bridgehead atoms. The van der Waals surface area contributed by atoms with Crippen molar-refractivity contribution in [2.45, 2.75) is 33.4 Å². The third-order valence-electron chi connectivity index (χ3n) is 5.22. The predicted molar refractivity (Wildman–Crippen MR) is 137 cm³/mol. The molecule has 0 saturated heterocycles. The van der Waals surface area contributed by atoms with Crippen LogP contribution in [0.25, 0.3) is 22.0 Å². The number of benzene rings is 2. The Morgan fingerprint density at radius 2 is 2.06 bits per heavy atom. The average molecular weight is 488 g/mol. The standard InChI is InChI=1S/C25H28Cl2FN5/c1-7-10-29-17(4)30-15(2)16(3)33-14-21-22(26)12-20(24(27)25(21)31-33)18-8-9-19(13-32(5)6)23(28)11-18/h7-12,14,16H,2,13H2,1,3-6H3,(H,29,30)/b10-7-. The van der Waals surface area contributed by atoms with Crippen LogP contribution in [0.4, 0.5) is 4.39 Å². The topological polar surface area (TPSA) is 45.5 Å². The molecule has 33 heavy (non-hydrogen) atoms. The Labute approximate surface area is 204 Å². The van der Waals surface area contributed by atoms with E-state index < -0.39 is 0 Å². The van der Waals surface area contributed by atoms with Crippen LogP contribution < -0.4 is 5.32 Å². The Balaban J connectivity index is 1.97. The van der Waals surface area contributed by atoms with Crippen LogP contribution in [-0.2, 0) is 6.54 Å². The van der Waals surface area contributed by atoms with Gasteiger partial charge < -0.3 is 10.2 Å². The second-order valence-corrected chi connectivity index (χ2v) is 8.94. The highest BCUT2D eigenvalue weighted by Gasteiger charge is 2.19. The van der Waals surface area contributed by atoms with Crippen molar-refractivity contribution in [1.29, 1.82) is 0 Å². The van der Waals surface area contributed by atoms with Crippen LogP contribution in [0.5, 0.6) is 0 Å². The third-order valence-corrected chi connectivity index (χ3v) is 5.91. The molecule has 1 N–H and O–H groups in total. The Hall–Kier alpha value is -2.67. The fourth-order valence-electron chi connectivity index (χ4n) is 3.43. The lowest BCUT2D eigenvalue weighted by Crippen LogP contribution is -2.25. The number of hydrogen-bond acceptors (Lipinski definition) is 3. The summed E-state index contributed by atoms with van der Waals surface area (Å²) in [6, 6.07) is 6.67. The lowest BCUT2D eigenvalue weighted by atomic mass is 10.0. The molecule has 0 saturated carbocycles. The van der Waals surface area contributed by atoms with E-state index in [1.54, 1.807) is 23.0 Å². The zero-order chi connectivity index (χ0) is 24.3. The van der Waals surface area contributed by atoms with Gasteiger partial charge in [0.1, 0.15) is 17.2 Å². The minimum atomic E-state index is -0.287. The molecular weight excluding hydrogens is 460 g/mol. The van der Waals surface area contributed by atoms with Gasteiger partial charge in [0, 0.05) is 41.2 Å². The number of halogens is 3. The largest absolute Gasteiger partial charge is 0.346 e. The molecular formula is C25H28Cl2FN5. The summed E-state index contributed by atoms with van der Waals surface area (Å²) >= 11 is 13.3. The van der Waals surface area contributed by atoms with Crippen LogP contribution in [0, 0.1) is 5.82 Å². The van der Waals surface area contributed by atoms with E-state index in [4.69, 9.17) is 23.2 Å². The first-order valence-corrected chi connectivity index (χ1v) is 11.3. The Morgan fingerprint density at radius 3 is 2.70 bits per heavy atom. The zero-order valence-corrected chi connectivity index (χ0v) is 21.0. The van der Waals surface area contributed by atoms with Crippen LogP contribution >= 0.6 is 23.2 Å². The molecule has 2 aromatic carbocycles. The Kier molecular flexibility index (Phi) is 7.95. The van der Waals surface area contributed by atoms with Crippen LogP contribution in [0.3, 0.4) is 0 Å². The molecule has 1 aromatic heterocycles. The SMILES string of the molecule is C=C(N/C(C)=N/C=C\C)C(C)n1cc2c(Cl)cc(-c3ccc(CN(C)C)c(F)c3)c(Cl)c2n1. The van der Waals surface area contributed by atoms with Crippen molar-refractivity contribution in [1.82, 2.24) is 20.0 Å². The quantitative estimate of drug-likeness (QED) is 0.293. The normalized spacial score (nSPS) is 13.3. The van der Waals surface area contributed by atoms with E-state index in [0.717, 1.165) is 11.5 Å². The molecule has 0 radical (unpaired) electrons. The van der Waals surface area contributed by atoms with E-state index >= 15 is 0 Å². The Morgan fingerprint density at radius 1 is 1.33 bits per heavy atom. The molecule has 3 aromatic rings. The fraction of sp³-hybridized carbons (Fsp3) is 0.280. The molecule has 174 valence electrons. The second kappa shape index (κ2) is 10.5. The molecule has 0 aliphatic carbocycles. The number of fused-ring (bicyclic) bond motifs is 1. The number of rotatable bonds is 7. The monoisotopic (exact) mass is 487 g/mol. The molecule has 0 aliphatic rings. The van der Waals surface area contributed by atoms with Gasteiger partial charge in [0.15, 0.2) is 0 Å². The Bertz CT molecular complexity index is 1240. The fourth-order valence-corrected chi connectivity index (χ4v) is 3.98. The van der Waals surface area contributed by atoms with Crippen LogP contribution in [0.1, 0.15) is 32.4 Å². The summed E-state index contributed by atoms with van der Waals surface area (Å²) in [5.74, 6) is 0.435. The van der Waals surface area contributed by atoms with Crippen LogP contribution in [0.2, 0.25) is 10.0 Å². The van der Waals surface area contributed by atoms with Gasteiger partial charge in [0.25, 0.3) is 0 Å². The number of nitrogens with zero attached hydrogens (tertiary/aromatic N) is 4. The highest BCUT2D eigenvalue weighted by molar-refractivity contribution is 6.42. The smallest absolute Gasteiger partial charge is 0.128 e. The first kappa shape index (κ1) is 25.0. The summed E-state index contributed by atoms with van der Waals surface area (Å²) in [7, 11) is 3.80. The maximum Gasteiger partial charge on any atom is 0.128 e. The van der Waals surface area contributed by atoms with E-state index in [2.05, 4.69) is 22.0 Å². The summed E-state index contributed by atoms with van der Waals surface area (Å²) in [5, 5.41) is 9.48. The number of amidine groups is 1. The summed E-state index contributed by atoms with van der Waals surface area (Å²) in [6.07, 6.45) is 5.39. The molecule has 3 rings (SSSR count). The van der Waals surface area contributed by atoms with Crippen molar-refractivity contribution in [3.05, 3.63) is 76.4 Å². The van der Waals surface area contributed by atoms with Gasteiger partial charge >= 0.3 is 0 Å². The average Bonchev–Trinajstić information content (AvgIpc) is 3.22. The van der Waals surface area contributed by atoms with Gasteiger partial charge in [-0.05, 0) is 52.6 Å². The lowest BCUT2D eigenvalue weighted by Gasteiger charge is -2.16. The highest BCUT2D eigenvalue weighted by Crippen LogP contribution is 2.39. The van der Waals surface area contributed by atoms with Crippen molar-refractivity contribution < 1.29 is 4.39 Å². The van der Waals surface area contributed by atoms with E-state index in [-0.39, 0.29) is 11.9 Å². The van der Waals surface area contributed by atoms with Gasteiger partial charge in [0.2, 0.25) is 0 Å². The first-order valence-electron chi connectivity index (χ1n) is 10.5. The molecule has 0 aliphatic heterocycles. The van der Waals surface area contributed by atoms with Crippen LogP contribution in [0.15, 0.2) is 60.0 Å². The van der Waals surface area contributed by atoms with Gasteiger partial charge in [-0.15, -0.1) is 0 Å². The molecule has 0 fully saturated rings. The number of aromatic nitrogens is 2. The van der Waals surface area contributed by atoms with Gasteiger partial charge in [-0.2, -0.15) is 5.10 Å². The number of nitrogens with one attached hydrogen (secondary N) is 1. The number of allylic oxidation sites excluding steroid dienone is 2. The molecule has 8 heteroatoms. The molecule has 0 spiro atoms. The number of hydrogen-bond donors (Lipinski definition) is 1. The van der Waals surface area contributed by atoms with E-state index in [1.165, 1.54) is 6.07 Å². The van der Waals surface area contributed by atoms with Crippen molar-refractivity contribution in [2.24, 2.45) is 4.99 Å². The maximum atomic E-state index is 14.7. The van der Waals surface area contributed by atoms with E-state index in [0.29, 0.717) is 44.2 Å². The first-order chi connectivity index (χ1) is 15.6.